The topological polar surface area (TPSA) is 96.3 Å². The Morgan fingerprint density at radius 2 is 1.08 bits per heavy atom. The van der Waals surface area contributed by atoms with Gasteiger partial charge in [-0.25, -0.2) is 0 Å². The Labute approximate surface area is 303 Å². The molecule has 7 nitrogen and oxygen atoms in total. The highest BCUT2D eigenvalue weighted by Crippen LogP contribution is 2.23. The molecule has 0 bridgehead atoms. The molecule has 0 radical (unpaired) electrons. The molecule has 4 unspecified atom stereocenters. The van der Waals surface area contributed by atoms with Gasteiger partial charge in [-0.3, -0.25) is 14.5 Å². The van der Waals surface area contributed by atoms with Gasteiger partial charge in [-0.15, -0.1) is 0 Å². The summed E-state index contributed by atoms with van der Waals surface area (Å²) in [7, 11) is 0. The van der Waals surface area contributed by atoms with Crippen LogP contribution in [0.1, 0.15) is 213 Å². The number of carbonyl (C=O) groups excluding carboxylic acids is 2. The van der Waals surface area contributed by atoms with Crippen LogP contribution < -0.4 is 0 Å². The molecule has 49 heavy (non-hydrogen) atoms. The van der Waals surface area contributed by atoms with Crippen LogP contribution in [0, 0.1) is 0 Å². The van der Waals surface area contributed by atoms with Gasteiger partial charge in [0.05, 0.1) is 12.2 Å². The van der Waals surface area contributed by atoms with E-state index in [1.54, 1.807) is 0 Å². The number of ether oxygens (including phenoxy) is 2. The Bertz CT molecular complexity index is 763. The summed E-state index contributed by atoms with van der Waals surface area (Å²) < 4.78 is 11.3. The van der Waals surface area contributed by atoms with Gasteiger partial charge in [0.25, 0.3) is 0 Å². The Morgan fingerprint density at radius 1 is 0.653 bits per heavy atom. The van der Waals surface area contributed by atoms with Crippen LogP contribution in [0.3, 0.4) is 0 Å². The van der Waals surface area contributed by atoms with Gasteiger partial charge in [-0.05, 0) is 32.1 Å². The Hall–Kier alpha value is -1.18. The molecular weight excluding hydrogens is 614 g/mol. The lowest BCUT2D eigenvalue weighted by molar-refractivity contribution is -0.169. The highest BCUT2D eigenvalue weighted by Gasteiger charge is 2.37. The SMILES string of the molecule is CCCCCCCCCCCC(O)CN1CC(CCCCCCCCCC)OC(=O)C1CCC(=O)OCC(O)CCCCCCCCCC. The number of carbonyl (C=O) groups is 2. The molecular formula is C42H81NO6. The summed E-state index contributed by atoms with van der Waals surface area (Å²) in [6.07, 6.45) is 32.1. The summed E-state index contributed by atoms with van der Waals surface area (Å²) >= 11 is 0. The fourth-order valence-electron chi connectivity index (χ4n) is 7.14. The third-order valence-electron chi connectivity index (χ3n) is 10.3. The van der Waals surface area contributed by atoms with E-state index in [2.05, 4.69) is 25.7 Å². The molecule has 0 amide bonds. The van der Waals surface area contributed by atoms with Crippen LogP contribution in [0.25, 0.3) is 0 Å². The number of morpholine rings is 1. The first-order chi connectivity index (χ1) is 23.9. The minimum Gasteiger partial charge on any atom is -0.463 e. The van der Waals surface area contributed by atoms with Gasteiger partial charge in [0.15, 0.2) is 0 Å². The van der Waals surface area contributed by atoms with Crippen molar-refractivity contribution in [2.75, 3.05) is 19.7 Å². The zero-order valence-corrected chi connectivity index (χ0v) is 32.6. The Morgan fingerprint density at radius 3 is 1.57 bits per heavy atom. The van der Waals surface area contributed by atoms with E-state index in [1.807, 2.05) is 0 Å². The molecule has 1 aliphatic heterocycles. The number of esters is 2. The maximum Gasteiger partial charge on any atom is 0.323 e. The molecule has 0 saturated carbocycles. The van der Waals surface area contributed by atoms with Crippen molar-refractivity contribution >= 4 is 11.9 Å². The van der Waals surface area contributed by atoms with Crippen LogP contribution in [0.15, 0.2) is 0 Å². The molecule has 1 heterocycles. The van der Waals surface area contributed by atoms with Gasteiger partial charge in [0.1, 0.15) is 18.8 Å². The van der Waals surface area contributed by atoms with Crippen LogP contribution in [-0.2, 0) is 19.1 Å². The number of hydrogen-bond donors (Lipinski definition) is 2. The fourth-order valence-corrected chi connectivity index (χ4v) is 7.14. The Kier molecular flexibility index (Phi) is 30.6. The van der Waals surface area contributed by atoms with E-state index in [4.69, 9.17) is 9.47 Å². The van der Waals surface area contributed by atoms with E-state index in [0.29, 0.717) is 25.9 Å². The number of nitrogens with zero attached hydrogens (tertiary/aromatic N) is 1. The third-order valence-corrected chi connectivity index (χ3v) is 10.3. The minimum absolute atomic E-state index is 0.00624. The summed E-state index contributed by atoms with van der Waals surface area (Å²) in [5, 5.41) is 21.3. The van der Waals surface area contributed by atoms with Crippen LogP contribution in [0.5, 0.6) is 0 Å². The third kappa shape index (κ3) is 26.3. The van der Waals surface area contributed by atoms with Crippen molar-refractivity contribution in [2.45, 2.75) is 238 Å². The van der Waals surface area contributed by atoms with Gasteiger partial charge < -0.3 is 19.7 Å². The van der Waals surface area contributed by atoms with Crippen molar-refractivity contribution < 1.29 is 29.3 Å². The second kappa shape index (κ2) is 32.7. The fraction of sp³-hybridized carbons (Fsp3) is 0.952. The van der Waals surface area contributed by atoms with Gasteiger partial charge in [-0.2, -0.15) is 0 Å². The summed E-state index contributed by atoms with van der Waals surface area (Å²) in [6, 6.07) is -0.553. The summed E-state index contributed by atoms with van der Waals surface area (Å²) in [4.78, 5) is 27.9. The number of unbranched alkanes of at least 4 members (excludes halogenated alkanes) is 22. The summed E-state index contributed by atoms with van der Waals surface area (Å²) in [5.41, 5.74) is 0. The van der Waals surface area contributed by atoms with Crippen LogP contribution >= 0.6 is 0 Å². The van der Waals surface area contributed by atoms with Crippen molar-refractivity contribution in [3.63, 3.8) is 0 Å². The zero-order valence-electron chi connectivity index (χ0n) is 32.6. The average Bonchev–Trinajstić information content (AvgIpc) is 3.08. The predicted molar refractivity (Wildman–Crippen MR) is 204 cm³/mol. The molecule has 1 saturated heterocycles. The van der Waals surface area contributed by atoms with E-state index in [9.17, 15) is 19.8 Å². The minimum atomic E-state index is -0.645. The maximum atomic E-state index is 13.2. The summed E-state index contributed by atoms with van der Waals surface area (Å²) in [6.45, 7) is 7.76. The van der Waals surface area contributed by atoms with Crippen molar-refractivity contribution in [3.05, 3.63) is 0 Å². The number of β-amino-alcohol motifs (C(OH)–C–C–N with tert-alkyl or cyclic N) is 1. The zero-order chi connectivity index (χ0) is 35.8. The molecule has 2 N–H and O–H groups in total. The van der Waals surface area contributed by atoms with E-state index < -0.39 is 18.2 Å². The quantitative estimate of drug-likeness (QED) is 0.0503. The van der Waals surface area contributed by atoms with E-state index >= 15 is 0 Å². The van der Waals surface area contributed by atoms with Gasteiger partial charge in [-0.1, -0.05) is 175 Å². The second-order valence-electron chi connectivity index (χ2n) is 15.2. The van der Waals surface area contributed by atoms with Crippen molar-refractivity contribution in [2.24, 2.45) is 0 Å². The molecule has 0 aromatic rings. The lowest BCUT2D eigenvalue weighted by Crippen LogP contribution is -2.54. The van der Waals surface area contributed by atoms with Crippen LogP contribution in [0.4, 0.5) is 0 Å². The standard InChI is InChI=1S/C42H81NO6/c1-4-7-10-13-16-19-21-23-26-29-37(44)34-43-35-39(31-28-25-22-18-15-12-9-6-3)49-42(47)40(43)32-33-41(46)48-36-38(45)30-27-24-20-17-14-11-8-5-2/h37-40,44-45H,4-36H2,1-3H3. The Balaban J connectivity index is 2.48. The van der Waals surface area contributed by atoms with Crippen molar-refractivity contribution in [1.82, 2.24) is 4.90 Å². The molecule has 0 spiro atoms. The molecule has 1 fully saturated rings. The molecule has 0 aromatic heterocycles. The first-order valence-corrected chi connectivity index (χ1v) is 21.4. The molecule has 0 aliphatic carbocycles. The van der Waals surface area contributed by atoms with Crippen molar-refractivity contribution in [3.8, 4) is 0 Å². The molecule has 290 valence electrons. The molecule has 1 aliphatic rings. The number of aliphatic hydroxyl groups is 2. The first kappa shape index (κ1) is 45.8. The molecule has 7 heteroatoms. The van der Waals surface area contributed by atoms with Gasteiger partial charge in [0.2, 0.25) is 0 Å². The molecule has 1 rings (SSSR count). The second-order valence-corrected chi connectivity index (χ2v) is 15.2. The predicted octanol–water partition coefficient (Wildman–Crippen LogP) is 10.6. The van der Waals surface area contributed by atoms with E-state index in [-0.39, 0.29) is 31.1 Å². The number of rotatable bonds is 35. The number of hydrogen-bond acceptors (Lipinski definition) is 7. The lowest BCUT2D eigenvalue weighted by atomic mass is 10.0. The van der Waals surface area contributed by atoms with E-state index in [1.165, 1.54) is 122 Å². The van der Waals surface area contributed by atoms with Gasteiger partial charge in [0, 0.05) is 19.5 Å². The highest BCUT2D eigenvalue weighted by molar-refractivity contribution is 5.78. The molecule has 4 atom stereocenters. The van der Waals surface area contributed by atoms with Crippen molar-refractivity contribution in [1.29, 1.82) is 0 Å². The highest BCUT2D eigenvalue weighted by atomic mass is 16.6. The normalized spacial score (nSPS) is 18.0. The maximum absolute atomic E-state index is 13.2. The van der Waals surface area contributed by atoms with Gasteiger partial charge >= 0.3 is 11.9 Å². The van der Waals surface area contributed by atoms with Crippen LogP contribution in [-0.4, -0.2) is 71.1 Å². The lowest BCUT2D eigenvalue weighted by Gasteiger charge is -2.39. The first-order valence-electron chi connectivity index (χ1n) is 21.4. The number of cyclic esters (lactones) is 1. The average molecular weight is 696 g/mol. The smallest absolute Gasteiger partial charge is 0.323 e. The van der Waals surface area contributed by atoms with Crippen LogP contribution in [0.2, 0.25) is 0 Å². The summed E-state index contributed by atoms with van der Waals surface area (Å²) in [5.74, 6) is -0.673. The molecule has 0 aromatic carbocycles. The number of aliphatic hydroxyl groups excluding tert-OH is 2. The largest absolute Gasteiger partial charge is 0.463 e. The monoisotopic (exact) mass is 696 g/mol. The van der Waals surface area contributed by atoms with E-state index in [0.717, 1.165) is 51.4 Å².